The van der Waals surface area contributed by atoms with Crippen molar-refractivity contribution in [2.75, 3.05) is 6.61 Å². The first-order chi connectivity index (χ1) is 21.3. The van der Waals surface area contributed by atoms with E-state index in [2.05, 4.69) is 71.7 Å². The van der Waals surface area contributed by atoms with E-state index in [9.17, 15) is 9.59 Å². The van der Waals surface area contributed by atoms with Crippen molar-refractivity contribution in [3.05, 3.63) is 87.6 Å². The first kappa shape index (κ1) is 28.6. The molecule has 4 aromatic rings. The van der Waals surface area contributed by atoms with Gasteiger partial charge in [-0.1, -0.05) is 55.8 Å². The van der Waals surface area contributed by atoms with Crippen LogP contribution >= 0.6 is 0 Å². The zero-order chi connectivity index (χ0) is 30.5. The normalized spacial score (nSPS) is 22.9. The van der Waals surface area contributed by atoms with Crippen LogP contribution in [0.5, 0.6) is 0 Å². The molecule has 0 bridgehead atoms. The third-order valence-electron chi connectivity index (χ3n) is 9.04. The van der Waals surface area contributed by atoms with Crippen molar-refractivity contribution in [1.29, 1.82) is 0 Å². The van der Waals surface area contributed by atoms with Crippen molar-refractivity contribution >= 4 is 17.4 Å². The van der Waals surface area contributed by atoms with E-state index in [1.165, 1.54) is 0 Å². The average Bonchev–Trinajstić information content (AvgIpc) is 3.75. The summed E-state index contributed by atoms with van der Waals surface area (Å²) < 4.78 is 16.2. The minimum Gasteiger partial charge on any atom is -0.347 e. The summed E-state index contributed by atoms with van der Waals surface area (Å²) in [6.45, 7) is 6.80. The molecule has 3 aliphatic rings. The lowest BCUT2D eigenvalue weighted by Gasteiger charge is -2.37. The number of carbonyl (C=O) groups is 1. The fourth-order valence-electron chi connectivity index (χ4n) is 7.02. The van der Waals surface area contributed by atoms with E-state index in [1.807, 2.05) is 27.3 Å². The Hall–Kier alpha value is -4.15. The van der Waals surface area contributed by atoms with Gasteiger partial charge in [-0.15, -0.1) is 0 Å². The van der Waals surface area contributed by atoms with Gasteiger partial charge < -0.3 is 9.47 Å². The number of fused-ring (bicyclic) bond motifs is 1. The number of aromatic nitrogens is 4. The lowest BCUT2D eigenvalue weighted by Crippen LogP contribution is -2.40. The highest BCUT2D eigenvalue weighted by Crippen LogP contribution is 2.44. The number of aryl methyl sites for hydroxylation is 1. The first-order valence-corrected chi connectivity index (χ1v) is 15.6. The molecule has 2 aliphatic heterocycles. The van der Waals surface area contributed by atoms with E-state index in [0.717, 1.165) is 65.6 Å². The van der Waals surface area contributed by atoms with Crippen LogP contribution in [-0.2, 0) is 27.1 Å². The summed E-state index contributed by atoms with van der Waals surface area (Å²) in [5, 5.41) is 8.94. The van der Waals surface area contributed by atoms with Crippen LogP contribution in [0.15, 0.2) is 64.8 Å². The molecule has 0 atom stereocenters. The Labute approximate surface area is 256 Å². The molecule has 1 spiro atoms. The van der Waals surface area contributed by atoms with E-state index in [0.29, 0.717) is 30.9 Å². The number of hydrazone groups is 1. The number of hydrogen-bond acceptors (Lipinski definition) is 7. The minimum atomic E-state index is -0.575. The molecule has 1 saturated carbocycles. The standard InChI is InChI=1S/C34H38N6O4/c1-4-8-29-27(18-22-11-12-25(23-9-6-5-7-10-23)26(17-22)28-19-30(41)38-37-28)31(42)39(32-35-21-36-40(29)32)24-13-15-34(16-14-24)43-20-33(2,3)44-34/h5-7,9-12,17,21,24H,4,8,13-16,18-20H2,1-3H3,(H,38,41). The summed E-state index contributed by atoms with van der Waals surface area (Å²) in [6, 6.07) is 16.3. The predicted molar refractivity (Wildman–Crippen MR) is 167 cm³/mol. The second-order valence-electron chi connectivity index (χ2n) is 12.8. The third kappa shape index (κ3) is 5.16. The van der Waals surface area contributed by atoms with Crippen LogP contribution in [0.25, 0.3) is 16.9 Å². The topological polar surface area (TPSA) is 112 Å². The first-order valence-electron chi connectivity index (χ1n) is 15.6. The predicted octanol–water partition coefficient (Wildman–Crippen LogP) is 4.96. The molecule has 4 heterocycles. The Kier molecular flexibility index (Phi) is 7.21. The Morgan fingerprint density at radius 2 is 1.84 bits per heavy atom. The maximum atomic E-state index is 14.5. The minimum absolute atomic E-state index is 0.0211. The van der Waals surface area contributed by atoms with Gasteiger partial charge in [0.2, 0.25) is 11.7 Å². The molecule has 10 heteroatoms. The van der Waals surface area contributed by atoms with Crippen LogP contribution in [0.4, 0.5) is 0 Å². The molecule has 1 amide bonds. The molecule has 2 aromatic heterocycles. The molecule has 10 nitrogen and oxygen atoms in total. The second-order valence-corrected chi connectivity index (χ2v) is 12.8. The molecule has 1 N–H and O–H groups in total. The summed E-state index contributed by atoms with van der Waals surface area (Å²) in [4.78, 5) is 31.2. The number of benzene rings is 2. The highest BCUT2D eigenvalue weighted by molar-refractivity contribution is 6.16. The smallest absolute Gasteiger partial charge is 0.259 e. The maximum absolute atomic E-state index is 14.5. The van der Waals surface area contributed by atoms with E-state index in [-0.39, 0.29) is 29.5 Å². The molecule has 0 unspecified atom stereocenters. The fourth-order valence-corrected chi connectivity index (χ4v) is 7.02. The molecular formula is C34H38N6O4. The summed E-state index contributed by atoms with van der Waals surface area (Å²) in [7, 11) is 0. The van der Waals surface area contributed by atoms with E-state index < -0.39 is 5.79 Å². The van der Waals surface area contributed by atoms with E-state index in [1.54, 1.807) is 6.33 Å². The van der Waals surface area contributed by atoms with Crippen molar-refractivity contribution in [3.63, 3.8) is 0 Å². The number of carbonyl (C=O) groups excluding carboxylic acids is 1. The Morgan fingerprint density at radius 3 is 2.52 bits per heavy atom. The van der Waals surface area contributed by atoms with Crippen molar-refractivity contribution in [2.45, 2.75) is 89.6 Å². The zero-order valence-corrected chi connectivity index (χ0v) is 25.5. The van der Waals surface area contributed by atoms with Crippen LogP contribution in [0.2, 0.25) is 0 Å². The number of ether oxygens (including phenoxy) is 2. The van der Waals surface area contributed by atoms with E-state index >= 15 is 0 Å². The van der Waals surface area contributed by atoms with Gasteiger partial charge >= 0.3 is 0 Å². The molecule has 7 rings (SSSR count). The highest BCUT2D eigenvalue weighted by Gasteiger charge is 2.48. The van der Waals surface area contributed by atoms with Crippen molar-refractivity contribution in [1.82, 2.24) is 24.6 Å². The molecular weight excluding hydrogens is 556 g/mol. The van der Waals surface area contributed by atoms with Crippen molar-refractivity contribution < 1.29 is 14.3 Å². The monoisotopic (exact) mass is 594 g/mol. The average molecular weight is 595 g/mol. The van der Waals surface area contributed by atoms with Crippen LogP contribution in [-0.4, -0.2) is 48.8 Å². The molecule has 44 heavy (non-hydrogen) atoms. The molecule has 1 aliphatic carbocycles. The summed E-state index contributed by atoms with van der Waals surface area (Å²) in [5.41, 5.74) is 8.49. The SMILES string of the molecule is CCCc1c(Cc2ccc(-c3ccccc3)c(C3=NNC(=O)C3)c2)c(=O)n(C2CCC3(CC2)OCC(C)(C)O3)c2ncnn12. The van der Waals surface area contributed by atoms with Gasteiger partial charge in [-0.25, -0.2) is 9.94 Å². The lowest BCUT2D eigenvalue weighted by atomic mass is 9.89. The molecule has 2 fully saturated rings. The Bertz CT molecular complexity index is 1810. The lowest BCUT2D eigenvalue weighted by molar-refractivity contribution is -0.203. The number of amides is 1. The van der Waals surface area contributed by atoms with Gasteiger partial charge in [-0.05, 0) is 55.9 Å². The van der Waals surface area contributed by atoms with E-state index in [4.69, 9.17) is 9.47 Å². The number of rotatable bonds is 7. The van der Waals surface area contributed by atoms with Crippen LogP contribution in [0, 0.1) is 0 Å². The maximum Gasteiger partial charge on any atom is 0.259 e. The Morgan fingerprint density at radius 1 is 1.05 bits per heavy atom. The third-order valence-corrected chi connectivity index (χ3v) is 9.04. The summed E-state index contributed by atoms with van der Waals surface area (Å²) in [5.74, 6) is -0.114. The second kappa shape index (κ2) is 11.1. The van der Waals surface area contributed by atoms with Crippen LogP contribution in [0.3, 0.4) is 0 Å². The van der Waals surface area contributed by atoms with Crippen molar-refractivity contribution in [2.24, 2.45) is 5.10 Å². The number of nitrogens with zero attached hydrogens (tertiary/aromatic N) is 5. The molecule has 1 saturated heterocycles. The highest BCUT2D eigenvalue weighted by atomic mass is 16.8. The Balaban J connectivity index is 1.28. The fraction of sp³-hybridized carbons (Fsp3) is 0.441. The van der Waals surface area contributed by atoms with Gasteiger partial charge in [-0.3, -0.25) is 14.2 Å². The molecule has 228 valence electrons. The largest absolute Gasteiger partial charge is 0.347 e. The summed E-state index contributed by atoms with van der Waals surface area (Å²) in [6.07, 6.45) is 6.70. The zero-order valence-electron chi connectivity index (χ0n) is 25.5. The molecule has 0 radical (unpaired) electrons. The number of hydrogen-bond donors (Lipinski definition) is 1. The molecule has 2 aromatic carbocycles. The van der Waals surface area contributed by atoms with Gasteiger partial charge in [0.15, 0.2) is 5.79 Å². The number of nitrogens with one attached hydrogen (secondary N) is 1. The quantitative estimate of drug-likeness (QED) is 0.324. The van der Waals surface area contributed by atoms with Crippen LogP contribution < -0.4 is 11.0 Å². The van der Waals surface area contributed by atoms with Crippen LogP contribution in [0.1, 0.15) is 87.7 Å². The van der Waals surface area contributed by atoms with Gasteiger partial charge in [0, 0.05) is 36.4 Å². The van der Waals surface area contributed by atoms with Gasteiger partial charge in [-0.2, -0.15) is 15.2 Å². The van der Waals surface area contributed by atoms with Crippen molar-refractivity contribution in [3.8, 4) is 11.1 Å². The summed E-state index contributed by atoms with van der Waals surface area (Å²) >= 11 is 0. The van der Waals surface area contributed by atoms with Gasteiger partial charge in [0.25, 0.3) is 5.56 Å². The van der Waals surface area contributed by atoms with Gasteiger partial charge in [0.05, 0.1) is 30.0 Å². The van der Waals surface area contributed by atoms with Gasteiger partial charge in [0.1, 0.15) is 6.33 Å².